The maximum atomic E-state index is 8.97. The van der Waals surface area contributed by atoms with Crippen molar-refractivity contribution in [1.29, 1.82) is 0 Å². The van der Waals surface area contributed by atoms with Gasteiger partial charge in [0.05, 0.1) is 13.2 Å². The Hall–Kier alpha value is -1.63. The van der Waals surface area contributed by atoms with E-state index in [-0.39, 0.29) is 20.0 Å². The standard InChI is InChI=1S/C9H11ClO3.C8H10O2/c10-7-1-3-9(4-2-7)13-6-8(12)5-11;9-7-10-6-8-4-2-1-3-5-8/h1-4,8,11-12H,5-6H2;1-5,9H,6-7H2. The highest BCUT2D eigenvalue weighted by Crippen LogP contribution is 2.15. The second-order valence-electron chi connectivity index (χ2n) is 4.56. The van der Waals surface area contributed by atoms with Gasteiger partial charge in [0.25, 0.3) is 0 Å². The summed E-state index contributed by atoms with van der Waals surface area (Å²) >= 11 is 5.66. The zero-order chi connectivity index (χ0) is 16.9. The highest BCUT2D eigenvalue weighted by atomic mass is 35.5. The molecule has 0 saturated carbocycles. The number of aliphatic hydroxyl groups is 3. The molecule has 0 aromatic heterocycles. The third-order valence-electron chi connectivity index (χ3n) is 2.67. The third-order valence-corrected chi connectivity index (χ3v) is 2.92. The predicted molar refractivity (Wildman–Crippen MR) is 88.4 cm³/mol. The van der Waals surface area contributed by atoms with E-state index in [9.17, 15) is 0 Å². The topological polar surface area (TPSA) is 79.2 Å². The van der Waals surface area contributed by atoms with Gasteiger partial charge in [-0.3, -0.25) is 0 Å². The Kier molecular flexibility index (Phi) is 10.0. The first-order chi connectivity index (χ1) is 11.2. The maximum absolute atomic E-state index is 8.97. The van der Waals surface area contributed by atoms with Gasteiger partial charge < -0.3 is 24.8 Å². The molecule has 0 amide bonds. The van der Waals surface area contributed by atoms with Crippen LogP contribution >= 0.6 is 11.6 Å². The Labute approximate surface area is 140 Å². The highest BCUT2D eigenvalue weighted by Gasteiger charge is 2.02. The van der Waals surface area contributed by atoms with Crippen LogP contribution in [0.4, 0.5) is 0 Å². The molecule has 0 aliphatic rings. The van der Waals surface area contributed by atoms with Crippen molar-refractivity contribution >= 4 is 11.6 Å². The van der Waals surface area contributed by atoms with E-state index in [2.05, 4.69) is 0 Å². The summed E-state index contributed by atoms with van der Waals surface area (Å²) in [7, 11) is 0. The third kappa shape index (κ3) is 9.18. The first kappa shape index (κ1) is 19.4. The molecule has 23 heavy (non-hydrogen) atoms. The smallest absolute Gasteiger partial charge is 0.144 e. The molecule has 0 bridgehead atoms. The zero-order valence-corrected chi connectivity index (χ0v) is 13.4. The van der Waals surface area contributed by atoms with Crippen molar-refractivity contribution in [1.82, 2.24) is 0 Å². The van der Waals surface area contributed by atoms with Gasteiger partial charge in [0, 0.05) is 5.02 Å². The van der Waals surface area contributed by atoms with Crippen LogP contribution in [0.15, 0.2) is 54.6 Å². The molecule has 0 radical (unpaired) electrons. The van der Waals surface area contributed by atoms with Crippen LogP contribution in [0.1, 0.15) is 5.56 Å². The molecule has 0 aliphatic heterocycles. The first-order valence-corrected chi connectivity index (χ1v) is 7.43. The Morgan fingerprint density at radius 3 is 2.17 bits per heavy atom. The van der Waals surface area contributed by atoms with E-state index in [1.54, 1.807) is 24.3 Å². The maximum Gasteiger partial charge on any atom is 0.144 e. The number of hydrogen-bond donors (Lipinski definition) is 3. The lowest BCUT2D eigenvalue weighted by atomic mass is 10.2. The summed E-state index contributed by atoms with van der Waals surface area (Å²) < 4.78 is 9.92. The number of hydrogen-bond acceptors (Lipinski definition) is 5. The molecule has 0 spiro atoms. The Balaban J connectivity index is 0.000000238. The number of rotatable bonds is 7. The van der Waals surface area contributed by atoms with Crippen LogP contribution in [0, 0.1) is 0 Å². The fourth-order valence-electron chi connectivity index (χ4n) is 1.51. The second-order valence-corrected chi connectivity index (χ2v) is 5.00. The van der Waals surface area contributed by atoms with Crippen LogP contribution in [0.5, 0.6) is 5.75 Å². The Morgan fingerprint density at radius 2 is 1.61 bits per heavy atom. The van der Waals surface area contributed by atoms with Gasteiger partial charge in [-0.2, -0.15) is 0 Å². The van der Waals surface area contributed by atoms with E-state index in [1.165, 1.54) is 0 Å². The molecule has 1 unspecified atom stereocenters. The van der Waals surface area contributed by atoms with E-state index in [1.807, 2.05) is 30.3 Å². The monoisotopic (exact) mass is 340 g/mol. The minimum Gasteiger partial charge on any atom is -0.491 e. The molecule has 0 fully saturated rings. The molecule has 3 N–H and O–H groups in total. The van der Waals surface area contributed by atoms with E-state index >= 15 is 0 Å². The Bertz CT molecular complexity index is 518. The molecule has 1 atom stereocenters. The molecular weight excluding hydrogens is 320 g/mol. The first-order valence-electron chi connectivity index (χ1n) is 7.05. The number of ether oxygens (including phenoxy) is 2. The molecule has 0 heterocycles. The van der Waals surface area contributed by atoms with Gasteiger partial charge in [0.1, 0.15) is 25.3 Å². The summed E-state index contributed by atoms with van der Waals surface area (Å²) in [6.07, 6.45) is -0.837. The molecular formula is C17H21ClO5. The largest absolute Gasteiger partial charge is 0.491 e. The van der Waals surface area contributed by atoms with Crippen molar-refractivity contribution in [2.75, 3.05) is 20.0 Å². The summed E-state index contributed by atoms with van der Waals surface area (Å²) in [4.78, 5) is 0. The molecule has 5 nitrogen and oxygen atoms in total. The van der Waals surface area contributed by atoms with Crippen molar-refractivity contribution in [2.24, 2.45) is 0 Å². The minimum absolute atomic E-state index is 0.0815. The SMILES string of the molecule is OCC(O)COc1ccc(Cl)cc1.OCOCc1ccccc1. The van der Waals surface area contributed by atoms with Crippen LogP contribution < -0.4 is 4.74 Å². The predicted octanol–water partition coefficient (Wildman–Crippen LogP) is 2.23. The van der Waals surface area contributed by atoms with E-state index in [0.717, 1.165) is 5.56 Å². The van der Waals surface area contributed by atoms with Crippen LogP contribution in [0.3, 0.4) is 0 Å². The number of benzene rings is 2. The van der Waals surface area contributed by atoms with Gasteiger partial charge >= 0.3 is 0 Å². The van der Waals surface area contributed by atoms with Gasteiger partial charge in [-0.15, -0.1) is 0 Å². The highest BCUT2D eigenvalue weighted by molar-refractivity contribution is 6.30. The van der Waals surface area contributed by atoms with Crippen molar-refractivity contribution in [3.05, 3.63) is 65.2 Å². The average molecular weight is 341 g/mol. The fraction of sp³-hybridized carbons (Fsp3) is 0.294. The van der Waals surface area contributed by atoms with Gasteiger partial charge in [-0.25, -0.2) is 0 Å². The molecule has 126 valence electrons. The Morgan fingerprint density at radius 1 is 0.957 bits per heavy atom. The fourth-order valence-corrected chi connectivity index (χ4v) is 1.64. The van der Waals surface area contributed by atoms with Crippen molar-refractivity contribution in [3.63, 3.8) is 0 Å². The summed E-state index contributed by atoms with van der Waals surface area (Å²) in [6.45, 7) is 0.0535. The van der Waals surface area contributed by atoms with Gasteiger partial charge in [0.2, 0.25) is 0 Å². The second kappa shape index (κ2) is 11.9. The lowest BCUT2D eigenvalue weighted by Crippen LogP contribution is -2.21. The van der Waals surface area contributed by atoms with Gasteiger partial charge in [-0.05, 0) is 29.8 Å². The average Bonchev–Trinajstić information content (AvgIpc) is 2.60. The summed E-state index contributed by atoms with van der Waals surface area (Å²) in [5, 5.41) is 26.4. The molecule has 2 aromatic rings. The zero-order valence-electron chi connectivity index (χ0n) is 12.6. The number of aliphatic hydroxyl groups excluding tert-OH is 3. The molecule has 6 heteroatoms. The lowest BCUT2D eigenvalue weighted by Gasteiger charge is -2.09. The molecule has 2 rings (SSSR count). The van der Waals surface area contributed by atoms with E-state index in [0.29, 0.717) is 17.4 Å². The van der Waals surface area contributed by atoms with Gasteiger partial charge in [-0.1, -0.05) is 41.9 Å². The normalized spacial score (nSPS) is 11.3. The van der Waals surface area contributed by atoms with E-state index in [4.69, 9.17) is 36.4 Å². The summed E-state index contributed by atoms with van der Waals surface area (Å²) in [5.74, 6) is 0.622. The van der Waals surface area contributed by atoms with Crippen LogP contribution in [-0.4, -0.2) is 41.4 Å². The van der Waals surface area contributed by atoms with E-state index < -0.39 is 6.10 Å². The van der Waals surface area contributed by atoms with Crippen molar-refractivity contribution < 1.29 is 24.8 Å². The quantitative estimate of drug-likeness (QED) is 0.674. The summed E-state index contributed by atoms with van der Waals surface area (Å²) in [6, 6.07) is 16.5. The van der Waals surface area contributed by atoms with Crippen LogP contribution in [0.2, 0.25) is 5.02 Å². The van der Waals surface area contributed by atoms with Crippen LogP contribution in [0.25, 0.3) is 0 Å². The summed E-state index contributed by atoms with van der Waals surface area (Å²) in [5.41, 5.74) is 1.08. The molecule has 2 aromatic carbocycles. The van der Waals surface area contributed by atoms with Crippen molar-refractivity contribution in [2.45, 2.75) is 12.7 Å². The lowest BCUT2D eigenvalue weighted by molar-refractivity contribution is -0.0112. The van der Waals surface area contributed by atoms with Crippen molar-refractivity contribution in [3.8, 4) is 5.75 Å². The molecule has 0 saturated heterocycles. The van der Waals surface area contributed by atoms with Crippen LogP contribution in [-0.2, 0) is 11.3 Å². The molecule has 0 aliphatic carbocycles. The number of halogens is 1. The minimum atomic E-state index is -0.837. The van der Waals surface area contributed by atoms with Gasteiger partial charge in [0.15, 0.2) is 0 Å².